The van der Waals surface area contributed by atoms with E-state index in [1.165, 1.54) is 12.8 Å². The van der Waals surface area contributed by atoms with E-state index in [0.717, 1.165) is 36.1 Å². The summed E-state index contributed by atoms with van der Waals surface area (Å²) in [4.78, 5) is 6.75. The van der Waals surface area contributed by atoms with Crippen LogP contribution in [-0.4, -0.2) is 18.1 Å². The van der Waals surface area contributed by atoms with Gasteiger partial charge in [0.1, 0.15) is 0 Å². The van der Waals surface area contributed by atoms with Crippen LogP contribution in [0.5, 0.6) is 0 Å². The van der Waals surface area contributed by atoms with Crippen LogP contribution in [0, 0.1) is 12.8 Å². The molecule has 82 valence electrons. The fourth-order valence-electron chi connectivity index (χ4n) is 2.23. The minimum absolute atomic E-state index is 0.751. The maximum Gasteiger partial charge on any atom is 0.151 e. The zero-order valence-corrected chi connectivity index (χ0v) is 9.53. The second kappa shape index (κ2) is 4.09. The zero-order valence-electron chi connectivity index (χ0n) is 9.53. The molecule has 2 N–H and O–H groups in total. The molecule has 0 radical (unpaired) electrons. The standard InChI is InChI=1S/C12H19N3/c1-9-4-3-5-15(8-9)12-11(13)6-10(2)7-14-12/h6-7,9H,3-5,8,13H2,1-2H3/t9-/m0/s1. The van der Waals surface area contributed by atoms with Gasteiger partial charge in [0.25, 0.3) is 0 Å². The molecular formula is C12H19N3. The van der Waals surface area contributed by atoms with Gasteiger partial charge in [0, 0.05) is 19.3 Å². The quantitative estimate of drug-likeness (QED) is 0.764. The van der Waals surface area contributed by atoms with Crippen LogP contribution in [0.2, 0.25) is 0 Å². The lowest BCUT2D eigenvalue weighted by Crippen LogP contribution is -2.35. The van der Waals surface area contributed by atoms with Crippen molar-refractivity contribution in [3.63, 3.8) is 0 Å². The van der Waals surface area contributed by atoms with E-state index >= 15 is 0 Å². The molecule has 1 atom stereocenters. The number of hydrogen-bond acceptors (Lipinski definition) is 3. The largest absolute Gasteiger partial charge is 0.396 e. The van der Waals surface area contributed by atoms with E-state index in [-0.39, 0.29) is 0 Å². The van der Waals surface area contributed by atoms with Gasteiger partial charge in [-0.1, -0.05) is 6.92 Å². The molecule has 2 heterocycles. The van der Waals surface area contributed by atoms with Gasteiger partial charge in [-0.2, -0.15) is 0 Å². The van der Waals surface area contributed by atoms with Crippen LogP contribution in [-0.2, 0) is 0 Å². The van der Waals surface area contributed by atoms with Gasteiger partial charge in [0.2, 0.25) is 0 Å². The highest BCUT2D eigenvalue weighted by Crippen LogP contribution is 2.26. The SMILES string of the molecule is Cc1cnc(N2CCC[C@H](C)C2)c(N)c1. The summed E-state index contributed by atoms with van der Waals surface area (Å²) in [5, 5.41) is 0. The van der Waals surface area contributed by atoms with Crippen molar-refractivity contribution in [2.45, 2.75) is 26.7 Å². The molecule has 1 aliphatic heterocycles. The molecule has 1 fully saturated rings. The number of rotatable bonds is 1. The smallest absolute Gasteiger partial charge is 0.151 e. The summed E-state index contributed by atoms with van der Waals surface area (Å²) in [6.45, 7) is 6.48. The first-order valence-corrected chi connectivity index (χ1v) is 5.64. The van der Waals surface area contributed by atoms with Crippen molar-refractivity contribution in [1.29, 1.82) is 0 Å². The van der Waals surface area contributed by atoms with Crippen LogP contribution in [0.15, 0.2) is 12.3 Å². The number of nitrogens with two attached hydrogens (primary N) is 1. The molecule has 1 aliphatic rings. The van der Waals surface area contributed by atoms with Crippen molar-refractivity contribution in [1.82, 2.24) is 4.98 Å². The lowest BCUT2D eigenvalue weighted by molar-refractivity contribution is 0.445. The van der Waals surface area contributed by atoms with Gasteiger partial charge >= 0.3 is 0 Å². The van der Waals surface area contributed by atoms with Crippen LogP contribution in [0.25, 0.3) is 0 Å². The van der Waals surface area contributed by atoms with Crippen molar-refractivity contribution in [2.24, 2.45) is 5.92 Å². The van der Waals surface area contributed by atoms with Gasteiger partial charge in [-0.25, -0.2) is 4.98 Å². The minimum atomic E-state index is 0.751. The number of aryl methyl sites for hydroxylation is 1. The van der Waals surface area contributed by atoms with E-state index in [1.54, 1.807) is 0 Å². The predicted molar refractivity (Wildman–Crippen MR) is 64.0 cm³/mol. The predicted octanol–water partition coefficient (Wildman–Crippen LogP) is 2.21. The molecule has 0 aliphatic carbocycles. The monoisotopic (exact) mass is 205 g/mol. The first kappa shape index (κ1) is 10.3. The van der Waals surface area contributed by atoms with Crippen LogP contribution in [0.3, 0.4) is 0 Å². The first-order chi connectivity index (χ1) is 7.16. The number of piperidine rings is 1. The molecule has 0 saturated carbocycles. The molecule has 0 bridgehead atoms. The maximum atomic E-state index is 5.99. The molecule has 0 aromatic carbocycles. The Bertz CT molecular complexity index is 349. The van der Waals surface area contributed by atoms with Crippen molar-refractivity contribution in [2.75, 3.05) is 23.7 Å². The van der Waals surface area contributed by atoms with Crippen molar-refractivity contribution in [3.05, 3.63) is 17.8 Å². The van der Waals surface area contributed by atoms with E-state index < -0.39 is 0 Å². The Kier molecular flexibility index (Phi) is 2.80. The Hall–Kier alpha value is -1.25. The summed E-state index contributed by atoms with van der Waals surface area (Å²) in [6, 6.07) is 2.00. The molecular weight excluding hydrogens is 186 g/mol. The van der Waals surface area contributed by atoms with Gasteiger partial charge < -0.3 is 10.6 Å². The second-order valence-electron chi connectivity index (χ2n) is 4.62. The Labute approximate surface area is 91.3 Å². The Morgan fingerprint density at radius 3 is 3.00 bits per heavy atom. The minimum Gasteiger partial charge on any atom is -0.396 e. The first-order valence-electron chi connectivity index (χ1n) is 5.64. The van der Waals surface area contributed by atoms with Gasteiger partial charge in [-0.3, -0.25) is 0 Å². The number of nitrogens with zero attached hydrogens (tertiary/aromatic N) is 2. The fraction of sp³-hybridized carbons (Fsp3) is 0.583. The molecule has 1 saturated heterocycles. The molecule has 0 spiro atoms. The summed E-state index contributed by atoms with van der Waals surface area (Å²) in [5.41, 5.74) is 7.93. The van der Waals surface area contributed by atoms with Gasteiger partial charge in [-0.05, 0) is 37.3 Å². The zero-order chi connectivity index (χ0) is 10.8. The highest BCUT2D eigenvalue weighted by molar-refractivity contribution is 5.63. The Morgan fingerprint density at radius 1 is 1.53 bits per heavy atom. The van der Waals surface area contributed by atoms with E-state index in [4.69, 9.17) is 5.73 Å². The van der Waals surface area contributed by atoms with Gasteiger partial charge in [-0.15, -0.1) is 0 Å². The molecule has 3 heteroatoms. The average molecular weight is 205 g/mol. The highest BCUT2D eigenvalue weighted by Gasteiger charge is 2.18. The second-order valence-corrected chi connectivity index (χ2v) is 4.62. The molecule has 2 rings (SSSR count). The summed E-state index contributed by atoms with van der Waals surface area (Å²) < 4.78 is 0. The van der Waals surface area contributed by atoms with E-state index in [9.17, 15) is 0 Å². The van der Waals surface area contributed by atoms with Crippen LogP contribution < -0.4 is 10.6 Å². The number of anilines is 2. The molecule has 3 nitrogen and oxygen atoms in total. The third kappa shape index (κ3) is 2.22. The highest BCUT2D eigenvalue weighted by atomic mass is 15.2. The molecule has 1 aromatic heterocycles. The normalized spacial score (nSPS) is 21.7. The molecule has 1 aromatic rings. The van der Waals surface area contributed by atoms with Gasteiger partial charge in [0.15, 0.2) is 5.82 Å². The average Bonchev–Trinajstić information content (AvgIpc) is 2.17. The number of pyridine rings is 1. The third-order valence-corrected chi connectivity index (χ3v) is 2.99. The number of aromatic nitrogens is 1. The van der Waals surface area contributed by atoms with Crippen molar-refractivity contribution < 1.29 is 0 Å². The molecule has 15 heavy (non-hydrogen) atoms. The lowest BCUT2D eigenvalue weighted by atomic mass is 10.0. The van der Waals surface area contributed by atoms with Crippen molar-refractivity contribution in [3.8, 4) is 0 Å². The summed E-state index contributed by atoms with van der Waals surface area (Å²) in [5.74, 6) is 1.72. The Morgan fingerprint density at radius 2 is 2.33 bits per heavy atom. The fourth-order valence-corrected chi connectivity index (χ4v) is 2.23. The number of hydrogen-bond donors (Lipinski definition) is 1. The summed E-state index contributed by atoms with van der Waals surface area (Å²) in [7, 11) is 0. The third-order valence-electron chi connectivity index (χ3n) is 2.99. The molecule has 0 amide bonds. The Balaban J connectivity index is 2.21. The van der Waals surface area contributed by atoms with E-state index in [1.807, 2.05) is 19.2 Å². The molecule has 0 unspecified atom stereocenters. The van der Waals surface area contributed by atoms with E-state index in [0.29, 0.717) is 0 Å². The summed E-state index contributed by atoms with van der Waals surface area (Å²) >= 11 is 0. The maximum absolute atomic E-state index is 5.99. The van der Waals surface area contributed by atoms with Gasteiger partial charge in [0.05, 0.1) is 5.69 Å². The lowest BCUT2D eigenvalue weighted by Gasteiger charge is -2.32. The summed E-state index contributed by atoms with van der Waals surface area (Å²) in [6.07, 6.45) is 4.46. The topological polar surface area (TPSA) is 42.2 Å². The van der Waals surface area contributed by atoms with Crippen LogP contribution in [0.1, 0.15) is 25.3 Å². The van der Waals surface area contributed by atoms with Crippen molar-refractivity contribution >= 4 is 11.5 Å². The van der Waals surface area contributed by atoms with Crippen LogP contribution >= 0.6 is 0 Å². The van der Waals surface area contributed by atoms with E-state index in [2.05, 4.69) is 16.8 Å². The van der Waals surface area contributed by atoms with Crippen LogP contribution in [0.4, 0.5) is 11.5 Å². The number of nitrogen functional groups attached to an aromatic ring is 1.